The molecule has 1 nitrogen and oxygen atoms in total. The molecule has 0 fully saturated rings. The van der Waals surface area contributed by atoms with Crippen LogP contribution in [0.2, 0.25) is 0 Å². The summed E-state index contributed by atoms with van der Waals surface area (Å²) in [5.41, 5.74) is 4.76. The molecule has 0 spiro atoms. The first-order chi connectivity index (χ1) is 8.54. The molecule has 0 bridgehead atoms. The quantitative estimate of drug-likeness (QED) is 0.626. The SMILES string of the molecule is CC(=O)C1=C(C)C(C)=C(C)C=CCCCCCC1. The number of hydrogen-bond acceptors (Lipinski definition) is 1. The average molecular weight is 246 g/mol. The predicted molar refractivity (Wildman–Crippen MR) is 78.6 cm³/mol. The number of rotatable bonds is 1. The Labute approximate surface area is 112 Å². The van der Waals surface area contributed by atoms with Crippen molar-refractivity contribution in [2.75, 3.05) is 0 Å². The van der Waals surface area contributed by atoms with Crippen molar-refractivity contribution >= 4 is 5.78 Å². The smallest absolute Gasteiger partial charge is 0.156 e. The zero-order valence-corrected chi connectivity index (χ0v) is 12.3. The zero-order chi connectivity index (χ0) is 13.5. The van der Waals surface area contributed by atoms with Gasteiger partial charge in [-0.05, 0) is 75.7 Å². The maximum Gasteiger partial charge on any atom is 0.156 e. The van der Waals surface area contributed by atoms with E-state index in [0.29, 0.717) is 0 Å². The van der Waals surface area contributed by atoms with Crippen molar-refractivity contribution in [2.45, 2.75) is 66.2 Å². The van der Waals surface area contributed by atoms with Crippen molar-refractivity contribution in [2.24, 2.45) is 0 Å². The molecule has 0 saturated carbocycles. The lowest BCUT2D eigenvalue weighted by Gasteiger charge is -2.13. The van der Waals surface area contributed by atoms with E-state index in [9.17, 15) is 4.79 Å². The Morgan fingerprint density at radius 1 is 1.00 bits per heavy atom. The highest BCUT2D eigenvalue weighted by Crippen LogP contribution is 2.24. The van der Waals surface area contributed by atoms with Gasteiger partial charge in [-0.3, -0.25) is 4.79 Å². The van der Waals surface area contributed by atoms with Crippen LogP contribution in [0.5, 0.6) is 0 Å². The van der Waals surface area contributed by atoms with E-state index in [1.54, 1.807) is 6.92 Å². The van der Waals surface area contributed by atoms with Gasteiger partial charge in [0.05, 0.1) is 0 Å². The van der Waals surface area contributed by atoms with Gasteiger partial charge in [-0.15, -0.1) is 0 Å². The standard InChI is InChI=1S/C17H26O/c1-13-11-9-7-5-6-8-10-12-17(16(4)18)15(3)14(13)2/h9,11H,5-8,10,12H2,1-4H3. The molecule has 1 aliphatic carbocycles. The normalized spacial score (nSPS) is 19.6. The van der Waals surface area contributed by atoms with Gasteiger partial charge in [0.15, 0.2) is 5.78 Å². The zero-order valence-electron chi connectivity index (χ0n) is 12.3. The van der Waals surface area contributed by atoms with Crippen LogP contribution >= 0.6 is 0 Å². The second-order valence-electron chi connectivity index (χ2n) is 5.32. The Morgan fingerprint density at radius 3 is 2.33 bits per heavy atom. The van der Waals surface area contributed by atoms with Gasteiger partial charge in [-0.1, -0.05) is 25.0 Å². The molecule has 1 aliphatic rings. The molecule has 1 heteroatoms. The summed E-state index contributed by atoms with van der Waals surface area (Å²) in [6.45, 7) is 8.06. The van der Waals surface area contributed by atoms with Crippen LogP contribution in [0.25, 0.3) is 0 Å². The Bertz CT molecular complexity index is 394. The summed E-state index contributed by atoms with van der Waals surface area (Å²) in [5.74, 6) is 0.237. The fourth-order valence-corrected chi connectivity index (χ4v) is 2.45. The number of carbonyl (C=O) groups is 1. The molecule has 0 radical (unpaired) electrons. The van der Waals surface area contributed by atoms with Crippen LogP contribution in [0.15, 0.2) is 34.4 Å². The molecule has 0 unspecified atom stereocenters. The summed E-state index contributed by atoms with van der Waals surface area (Å²) in [5, 5.41) is 0. The minimum Gasteiger partial charge on any atom is -0.295 e. The van der Waals surface area contributed by atoms with Crippen molar-refractivity contribution in [3.05, 3.63) is 34.4 Å². The molecule has 100 valence electrons. The van der Waals surface area contributed by atoms with Crippen molar-refractivity contribution in [3.63, 3.8) is 0 Å². The molecule has 18 heavy (non-hydrogen) atoms. The van der Waals surface area contributed by atoms with Gasteiger partial charge in [0.25, 0.3) is 0 Å². The topological polar surface area (TPSA) is 17.1 Å². The van der Waals surface area contributed by atoms with E-state index in [0.717, 1.165) is 18.4 Å². The fraction of sp³-hybridized carbons (Fsp3) is 0.588. The third-order valence-corrected chi connectivity index (χ3v) is 3.95. The van der Waals surface area contributed by atoms with Gasteiger partial charge in [0.2, 0.25) is 0 Å². The summed E-state index contributed by atoms with van der Waals surface area (Å²) >= 11 is 0. The number of hydrogen-bond donors (Lipinski definition) is 0. The lowest BCUT2D eigenvalue weighted by Crippen LogP contribution is -2.02. The highest BCUT2D eigenvalue weighted by molar-refractivity contribution is 5.94. The van der Waals surface area contributed by atoms with E-state index in [-0.39, 0.29) is 5.78 Å². The van der Waals surface area contributed by atoms with Crippen LogP contribution in [0.4, 0.5) is 0 Å². The minimum atomic E-state index is 0.237. The van der Waals surface area contributed by atoms with Crippen LogP contribution in [0.3, 0.4) is 0 Å². The van der Waals surface area contributed by atoms with Gasteiger partial charge in [0, 0.05) is 0 Å². The molecule has 0 aliphatic heterocycles. The Balaban J connectivity index is 3.12. The lowest BCUT2D eigenvalue weighted by molar-refractivity contribution is -0.113. The molecule has 0 aromatic carbocycles. The van der Waals surface area contributed by atoms with Crippen LogP contribution in [-0.4, -0.2) is 5.78 Å². The Hall–Kier alpha value is -1.11. The first-order valence-electron chi connectivity index (χ1n) is 7.09. The third-order valence-electron chi connectivity index (χ3n) is 3.95. The Kier molecular flexibility index (Phi) is 6.11. The minimum absolute atomic E-state index is 0.237. The highest BCUT2D eigenvalue weighted by Gasteiger charge is 2.10. The van der Waals surface area contributed by atoms with E-state index >= 15 is 0 Å². The average Bonchev–Trinajstić information content (AvgIpc) is 2.33. The largest absolute Gasteiger partial charge is 0.295 e. The van der Waals surface area contributed by atoms with Crippen molar-refractivity contribution < 1.29 is 4.79 Å². The molecule has 0 heterocycles. The highest BCUT2D eigenvalue weighted by atomic mass is 16.1. The molecular weight excluding hydrogens is 220 g/mol. The number of allylic oxidation sites excluding steroid dienone is 6. The van der Waals surface area contributed by atoms with Crippen molar-refractivity contribution in [3.8, 4) is 0 Å². The summed E-state index contributed by atoms with van der Waals surface area (Å²) < 4.78 is 0. The van der Waals surface area contributed by atoms with Gasteiger partial charge in [-0.25, -0.2) is 0 Å². The molecular formula is C17H26O. The monoisotopic (exact) mass is 246 g/mol. The van der Waals surface area contributed by atoms with Crippen molar-refractivity contribution in [1.82, 2.24) is 0 Å². The van der Waals surface area contributed by atoms with E-state index in [4.69, 9.17) is 0 Å². The number of carbonyl (C=O) groups excluding carboxylic acids is 1. The first kappa shape index (κ1) is 14.9. The van der Waals surface area contributed by atoms with Crippen LogP contribution in [0.1, 0.15) is 66.2 Å². The van der Waals surface area contributed by atoms with Crippen molar-refractivity contribution in [1.29, 1.82) is 0 Å². The second-order valence-corrected chi connectivity index (χ2v) is 5.32. The summed E-state index contributed by atoms with van der Waals surface area (Å²) in [7, 11) is 0. The number of ketones is 1. The predicted octanol–water partition coefficient (Wildman–Crippen LogP) is 5.14. The van der Waals surface area contributed by atoms with E-state index in [1.165, 1.54) is 42.4 Å². The maximum atomic E-state index is 11.8. The first-order valence-corrected chi connectivity index (χ1v) is 7.09. The van der Waals surface area contributed by atoms with Gasteiger partial charge in [0.1, 0.15) is 0 Å². The maximum absolute atomic E-state index is 11.8. The fourth-order valence-electron chi connectivity index (χ4n) is 2.45. The Morgan fingerprint density at radius 2 is 1.67 bits per heavy atom. The van der Waals surface area contributed by atoms with Crippen LogP contribution < -0.4 is 0 Å². The lowest BCUT2D eigenvalue weighted by atomic mass is 9.92. The third kappa shape index (κ3) is 4.29. The molecule has 0 N–H and O–H groups in total. The molecule has 0 aromatic rings. The van der Waals surface area contributed by atoms with E-state index in [1.807, 2.05) is 0 Å². The summed E-state index contributed by atoms with van der Waals surface area (Å²) in [6, 6.07) is 0. The van der Waals surface area contributed by atoms with E-state index in [2.05, 4.69) is 32.9 Å². The second kappa shape index (κ2) is 7.35. The number of Topliss-reactive ketones (excluding diaryl/α,β-unsaturated/α-hetero) is 1. The van der Waals surface area contributed by atoms with E-state index < -0.39 is 0 Å². The molecule has 0 aromatic heterocycles. The summed E-state index contributed by atoms with van der Waals surface area (Å²) in [4.78, 5) is 11.8. The van der Waals surface area contributed by atoms with Crippen LogP contribution in [-0.2, 0) is 4.79 Å². The van der Waals surface area contributed by atoms with Gasteiger partial charge in [-0.2, -0.15) is 0 Å². The van der Waals surface area contributed by atoms with Gasteiger partial charge >= 0.3 is 0 Å². The molecule has 1 rings (SSSR count). The summed E-state index contributed by atoms with van der Waals surface area (Å²) in [6.07, 6.45) is 11.5. The molecule has 0 atom stereocenters. The van der Waals surface area contributed by atoms with Gasteiger partial charge < -0.3 is 0 Å². The molecule has 0 saturated heterocycles. The van der Waals surface area contributed by atoms with Crippen LogP contribution in [0, 0.1) is 0 Å². The molecule has 0 amide bonds.